The summed E-state index contributed by atoms with van der Waals surface area (Å²) < 4.78 is 32.1. The number of hydrogen-bond donors (Lipinski definition) is 0. The lowest BCUT2D eigenvalue weighted by atomic mass is 9.86. The molecule has 1 aromatic heterocycles. The fourth-order valence-electron chi connectivity index (χ4n) is 4.26. The molecule has 0 spiro atoms. The minimum atomic E-state index is -3.59. The molecule has 28 heavy (non-hydrogen) atoms. The van der Waals surface area contributed by atoms with Crippen molar-refractivity contribution in [3.05, 3.63) is 60.8 Å². The monoisotopic (exact) mass is 394 g/mol. The van der Waals surface area contributed by atoms with Crippen molar-refractivity contribution in [2.24, 2.45) is 5.92 Å². The van der Waals surface area contributed by atoms with E-state index in [1.54, 1.807) is 36.4 Å². The lowest BCUT2D eigenvalue weighted by Gasteiger charge is -2.44. The van der Waals surface area contributed by atoms with Gasteiger partial charge in [0.05, 0.1) is 15.3 Å². The van der Waals surface area contributed by atoms with Crippen LogP contribution in [-0.2, 0) is 9.84 Å². The summed E-state index contributed by atoms with van der Waals surface area (Å²) in [5.41, 5.74) is 0.758. The summed E-state index contributed by atoms with van der Waals surface area (Å²) in [6.45, 7) is 3.32. The van der Waals surface area contributed by atoms with E-state index in [9.17, 15) is 8.42 Å². The normalized spacial score (nSPS) is 24.4. The summed E-state index contributed by atoms with van der Waals surface area (Å²) in [6, 6.07) is 15.9. The third-order valence-electron chi connectivity index (χ3n) is 5.88. The molecule has 5 nitrogen and oxygen atoms in total. The van der Waals surface area contributed by atoms with E-state index in [2.05, 4.69) is 9.88 Å². The van der Waals surface area contributed by atoms with Gasteiger partial charge in [0.15, 0.2) is 0 Å². The summed E-state index contributed by atoms with van der Waals surface area (Å²) in [6.07, 6.45) is 4.03. The molecule has 0 saturated carbocycles. The van der Waals surface area contributed by atoms with Crippen LogP contribution in [0.3, 0.4) is 0 Å². The van der Waals surface area contributed by atoms with Crippen LogP contribution in [0.1, 0.15) is 12.8 Å². The predicted octanol–water partition coefficient (Wildman–Crippen LogP) is 3.54. The highest BCUT2D eigenvalue weighted by molar-refractivity contribution is 7.91. The Bertz CT molecular complexity index is 1110. The zero-order chi connectivity index (χ0) is 19.1. The van der Waals surface area contributed by atoms with Gasteiger partial charge in [-0.3, -0.25) is 9.88 Å². The first-order valence-corrected chi connectivity index (χ1v) is 11.2. The molecule has 4 heterocycles. The molecular formula is C22H22N2O3S. The molecule has 0 N–H and O–H groups in total. The Morgan fingerprint density at radius 1 is 0.964 bits per heavy atom. The maximum absolute atomic E-state index is 12.9. The Hall–Kier alpha value is -2.44. The van der Waals surface area contributed by atoms with Gasteiger partial charge in [-0.15, -0.1) is 0 Å². The minimum absolute atomic E-state index is 0.200. The van der Waals surface area contributed by atoms with E-state index in [-0.39, 0.29) is 15.9 Å². The SMILES string of the molecule is O=S(=O)(c1ccccc1)c1cnc2ccc(O[C@H]3CN4CCC3CC4)cc2c1. The molecule has 144 valence electrons. The van der Waals surface area contributed by atoms with Crippen molar-refractivity contribution in [3.8, 4) is 5.75 Å². The van der Waals surface area contributed by atoms with Crippen LogP contribution < -0.4 is 4.74 Å². The molecule has 6 heteroatoms. The molecule has 3 aliphatic heterocycles. The zero-order valence-corrected chi connectivity index (χ0v) is 16.3. The number of sulfone groups is 1. The van der Waals surface area contributed by atoms with Crippen molar-refractivity contribution in [1.82, 2.24) is 9.88 Å². The molecule has 2 bridgehead atoms. The van der Waals surface area contributed by atoms with Gasteiger partial charge in [-0.05, 0) is 68.2 Å². The molecular weight excluding hydrogens is 372 g/mol. The Labute approximate surface area is 164 Å². The van der Waals surface area contributed by atoms with Crippen LogP contribution in [0, 0.1) is 5.92 Å². The molecule has 3 saturated heterocycles. The first-order chi connectivity index (χ1) is 13.6. The van der Waals surface area contributed by atoms with E-state index in [0.717, 1.165) is 23.2 Å². The van der Waals surface area contributed by atoms with E-state index >= 15 is 0 Å². The van der Waals surface area contributed by atoms with E-state index in [4.69, 9.17) is 4.74 Å². The van der Waals surface area contributed by atoms with Gasteiger partial charge in [-0.25, -0.2) is 8.42 Å². The fourth-order valence-corrected chi connectivity index (χ4v) is 5.53. The second kappa shape index (κ2) is 6.87. The highest BCUT2D eigenvalue weighted by Gasteiger charge is 2.35. The number of benzene rings is 2. The van der Waals surface area contributed by atoms with Gasteiger partial charge in [0.1, 0.15) is 11.9 Å². The summed E-state index contributed by atoms with van der Waals surface area (Å²) >= 11 is 0. The summed E-state index contributed by atoms with van der Waals surface area (Å²) in [5, 5.41) is 0.774. The third kappa shape index (κ3) is 3.16. The van der Waals surface area contributed by atoms with Crippen LogP contribution in [-0.4, -0.2) is 44.0 Å². The number of nitrogens with zero attached hydrogens (tertiary/aromatic N) is 2. The molecule has 3 fully saturated rings. The van der Waals surface area contributed by atoms with Crippen molar-refractivity contribution in [1.29, 1.82) is 0 Å². The number of fused-ring (bicyclic) bond motifs is 4. The van der Waals surface area contributed by atoms with Gasteiger partial charge in [0, 0.05) is 18.1 Å². The predicted molar refractivity (Wildman–Crippen MR) is 107 cm³/mol. The van der Waals surface area contributed by atoms with E-state index in [0.29, 0.717) is 5.92 Å². The van der Waals surface area contributed by atoms with E-state index < -0.39 is 9.84 Å². The summed E-state index contributed by atoms with van der Waals surface area (Å²) in [4.78, 5) is 7.29. The second-order valence-electron chi connectivity index (χ2n) is 7.64. The highest BCUT2D eigenvalue weighted by Crippen LogP contribution is 2.32. The van der Waals surface area contributed by atoms with Gasteiger partial charge in [0.25, 0.3) is 0 Å². The number of pyridine rings is 1. The maximum atomic E-state index is 12.9. The fraction of sp³-hybridized carbons (Fsp3) is 0.318. The Kier molecular flexibility index (Phi) is 4.33. The van der Waals surface area contributed by atoms with Crippen molar-refractivity contribution >= 4 is 20.7 Å². The smallest absolute Gasteiger partial charge is 0.208 e. The first-order valence-electron chi connectivity index (χ1n) is 9.68. The number of piperidine rings is 3. The van der Waals surface area contributed by atoms with E-state index in [1.165, 1.54) is 32.1 Å². The number of rotatable bonds is 4. The second-order valence-corrected chi connectivity index (χ2v) is 9.59. The molecule has 3 aromatic rings. The van der Waals surface area contributed by atoms with Crippen LogP contribution >= 0.6 is 0 Å². The molecule has 2 aromatic carbocycles. The van der Waals surface area contributed by atoms with Gasteiger partial charge in [-0.2, -0.15) is 0 Å². The quantitative estimate of drug-likeness (QED) is 0.677. The van der Waals surface area contributed by atoms with Crippen LogP contribution in [0.2, 0.25) is 0 Å². The van der Waals surface area contributed by atoms with Crippen molar-refractivity contribution in [3.63, 3.8) is 0 Å². The zero-order valence-electron chi connectivity index (χ0n) is 15.5. The molecule has 0 unspecified atom stereocenters. The molecule has 1 atom stereocenters. The third-order valence-corrected chi connectivity index (χ3v) is 7.61. The van der Waals surface area contributed by atoms with Gasteiger partial charge in [0.2, 0.25) is 9.84 Å². The average molecular weight is 394 g/mol. The van der Waals surface area contributed by atoms with Crippen LogP contribution in [0.4, 0.5) is 0 Å². The first kappa shape index (κ1) is 17.6. The van der Waals surface area contributed by atoms with Crippen molar-refractivity contribution in [2.75, 3.05) is 19.6 Å². The highest BCUT2D eigenvalue weighted by atomic mass is 32.2. The molecule has 6 rings (SSSR count). The van der Waals surface area contributed by atoms with Gasteiger partial charge in [-0.1, -0.05) is 18.2 Å². The Balaban J connectivity index is 1.46. The Morgan fingerprint density at radius 2 is 1.75 bits per heavy atom. The Morgan fingerprint density at radius 3 is 2.46 bits per heavy atom. The molecule has 0 radical (unpaired) electrons. The van der Waals surface area contributed by atoms with Crippen LogP contribution in [0.25, 0.3) is 10.9 Å². The number of hydrogen-bond acceptors (Lipinski definition) is 5. The maximum Gasteiger partial charge on any atom is 0.208 e. The molecule has 0 aliphatic carbocycles. The van der Waals surface area contributed by atoms with Gasteiger partial charge >= 0.3 is 0 Å². The average Bonchev–Trinajstić information content (AvgIpc) is 2.75. The lowest BCUT2D eigenvalue weighted by Crippen LogP contribution is -2.52. The molecule has 0 amide bonds. The number of ether oxygens (including phenoxy) is 1. The largest absolute Gasteiger partial charge is 0.489 e. The standard InChI is InChI=1S/C22H22N2O3S/c25-28(26,19-4-2-1-3-5-19)20-13-17-12-18(6-7-21(17)23-14-20)27-22-15-24-10-8-16(22)9-11-24/h1-7,12-14,16,22H,8-11,15H2/t22-/m0/s1. The van der Waals surface area contributed by atoms with Crippen LogP contribution in [0.15, 0.2) is 70.6 Å². The number of aromatic nitrogens is 1. The minimum Gasteiger partial charge on any atom is -0.489 e. The van der Waals surface area contributed by atoms with E-state index in [1.807, 2.05) is 18.2 Å². The van der Waals surface area contributed by atoms with Crippen LogP contribution in [0.5, 0.6) is 5.75 Å². The summed E-state index contributed by atoms with van der Waals surface area (Å²) in [5.74, 6) is 1.39. The van der Waals surface area contributed by atoms with Gasteiger partial charge < -0.3 is 4.74 Å². The topological polar surface area (TPSA) is 59.5 Å². The summed E-state index contributed by atoms with van der Waals surface area (Å²) in [7, 11) is -3.59. The van der Waals surface area contributed by atoms with Crippen molar-refractivity contribution < 1.29 is 13.2 Å². The van der Waals surface area contributed by atoms with Crippen molar-refractivity contribution in [2.45, 2.75) is 28.7 Å². The molecule has 3 aliphatic rings. The lowest BCUT2D eigenvalue weighted by molar-refractivity contribution is -0.00769.